The second-order valence-corrected chi connectivity index (χ2v) is 6.47. The maximum atomic E-state index is 12.1. The molecule has 1 aliphatic heterocycles. The van der Waals surface area contributed by atoms with Crippen molar-refractivity contribution >= 4 is 11.8 Å². The van der Waals surface area contributed by atoms with Crippen LogP contribution in [0.3, 0.4) is 0 Å². The van der Waals surface area contributed by atoms with E-state index in [-0.39, 0.29) is 5.92 Å². The fourth-order valence-electron chi connectivity index (χ4n) is 2.92. The number of ether oxygens (including phenoxy) is 1. The number of aliphatic imine (C=N–C) groups is 1. The van der Waals surface area contributed by atoms with Crippen LogP contribution in [0.4, 0.5) is 4.79 Å². The molecular formula is C19H28N2O2. The minimum absolute atomic E-state index is 0.178. The van der Waals surface area contributed by atoms with E-state index in [0.29, 0.717) is 12.5 Å². The zero-order valence-electron chi connectivity index (χ0n) is 14.5. The summed E-state index contributed by atoms with van der Waals surface area (Å²) in [5, 5.41) is 0. The Morgan fingerprint density at radius 2 is 1.91 bits per heavy atom. The van der Waals surface area contributed by atoms with E-state index in [2.05, 4.69) is 16.8 Å². The molecule has 0 radical (unpaired) electrons. The molecule has 1 aromatic carbocycles. The van der Waals surface area contributed by atoms with Crippen molar-refractivity contribution < 1.29 is 9.53 Å². The lowest BCUT2D eigenvalue weighted by atomic mass is 9.98. The zero-order chi connectivity index (χ0) is 16.7. The zero-order valence-corrected chi connectivity index (χ0v) is 14.5. The summed E-state index contributed by atoms with van der Waals surface area (Å²) in [7, 11) is 0. The monoisotopic (exact) mass is 316 g/mol. The molecule has 4 heteroatoms. The van der Waals surface area contributed by atoms with Crippen LogP contribution in [-0.4, -0.2) is 42.9 Å². The Kier molecular flexibility index (Phi) is 6.78. The van der Waals surface area contributed by atoms with Gasteiger partial charge in [-0.2, -0.15) is 4.99 Å². The molecule has 126 valence electrons. The lowest BCUT2D eigenvalue weighted by Crippen LogP contribution is -2.35. The Morgan fingerprint density at radius 3 is 2.48 bits per heavy atom. The van der Waals surface area contributed by atoms with Crippen molar-refractivity contribution in [2.75, 3.05) is 26.2 Å². The number of likely N-dealkylation sites (tertiary alicyclic amines) is 1. The first-order valence-electron chi connectivity index (χ1n) is 8.63. The predicted molar refractivity (Wildman–Crippen MR) is 94.0 cm³/mol. The number of carbonyl (C=O) groups is 1. The molecule has 1 saturated heterocycles. The predicted octanol–water partition coefficient (Wildman–Crippen LogP) is 4.00. The van der Waals surface area contributed by atoms with Gasteiger partial charge >= 0.3 is 6.09 Å². The van der Waals surface area contributed by atoms with E-state index in [1.54, 1.807) is 0 Å². The lowest BCUT2D eigenvalue weighted by Gasteiger charge is -2.30. The molecule has 23 heavy (non-hydrogen) atoms. The van der Waals surface area contributed by atoms with Gasteiger partial charge in [0.2, 0.25) is 0 Å². The van der Waals surface area contributed by atoms with Gasteiger partial charge in [0, 0.05) is 0 Å². The molecule has 0 aromatic heterocycles. The van der Waals surface area contributed by atoms with Crippen molar-refractivity contribution in [1.82, 2.24) is 4.90 Å². The molecule has 0 N–H and O–H groups in total. The van der Waals surface area contributed by atoms with Crippen molar-refractivity contribution in [1.29, 1.82) is 0 Å². The molecule has 0 spiro atoms. The molecule has 2 rings (SSSR count). The van der Waals surface area contributed by atoms with Gasteiger partial charge in [-0.3, -0.25) is 0 Å². The van der Waals surface area contributed by atoms with Gasteiger partial charge in [-0.05, 0) is 49.9 Å². The van der Waals surface area contributed by atoms with Crippen LogP contribution in [-0.2, 0) is 4.74 Å². The maximum Gasteiger partial charge on any atom is 0.433 e. The Balaban J connectivity index is 1.89. The molecule has 1 fully saturated rings. The molecule has 1 amide bonds. The summed E-state index contributed by atoms with van der Waals surface area (Å²) in [6.07, 6.45) is 1.73. The Labute approximate surface area is 139 Å². The molecule has 0 bridgehead atoms. The second kappa shape index (κ2) is 8.82. The van der Waals surface area contributed by atoms with Gasteiger partial charge in [-0.25, -0.2) is 4.79 Å². The summed E-state index contributed by atoms with van der Waals surface area (Å²) in [6.45, 7) is 10.1. The van der Waals surface area contributed by atoms with E-state index in [1.165, 1.54) is 0 Å². The molecule has 1 aliphatic rings. The number of hydrogen-bond acceptors (Lipinski definition) is 3. The molecule has 0 atom stereocenters. The van der Waals surface area contributed by atoms with Gasteiger partial charge in [-0.1, -0.05) is 51.1 Å². The minimum atomic E-state index is -0.463. The molecule has 1 heterocycles. The van der Waals surface area contributed by atoms with Crippen LogP contribution < -0.4 is 0 Å². The highest BCUT2D eigenvalue weighted by atomic mass is 16.5. The Morgan fingerprint density at radius 1 is 1.26 bits per heavy atom. The van der Waals surface area contributed by atoms with Gasteiger partial charge in [0.15, 0.2) is 0 Å². The van der Waals surface area contributed by atoms with Crippen LogP contribution in [0.25, 0.3) is 0 Å². The van der Waals surface area contributed by atoms with Crippen molar-refractivity contribution in [2.24, 2.45) is 16.8 Å². The lowest BCUT2D eigenvalue weighted by molar-refractivity contribution is 0.104. The van der Waals surface area contributed by atoms with Crippen molar-refractivity contribution in [3.63, 3.8) is 0 Å². The van der Waals surface area contributed by atoms with Gasteiger partial charge in [-0.15, -0.1) is 0 Å². The Bertz CT molecular complexity index is 517. The van der Waals surface area contributed by atoms with Gasteiger partial charge in [0.25, 0.3) is 0 Å². The van der Waals surface area contributed by atoms with Crippen molar-refractivity contribution in [2.45, 2.75) is 33.6 Å². The van der Waals surface area contributed by atoms with E-state index >= 15 is 0 Å². The van der Waals surface area contributed by atoms with Crippen LogP contribution in [0.15, 0.2) is 35.3 Å². The van der Waals surface area contributed by atoms with Gasteiger partial charge < -0.3 is 9.64 Å². The number of piperidine rings is 1. The van der Waals surface area contributed by atoms with Crippen LogP contribution in [0.5, 0.6) is 0 Å². The molecule has 1 aromatic rings. The van der Waals surface area contributed by atoms with E-state index in [0.717, 1.165) is 43.8 Å². The first kappa shape index (κ1) is 17.7. The van der Waals surface area contributed by atoms with Crippen LogP contribution in [0, 0.1) is 11.8 Å². The summed E-state index contributed by atoms with van der Waals surface area (Å²) < 4.78 is 5.41. The normalized spacial score (nSPS) is 17.5. The van der Waals surface area contributed by atoms with E-state index in [9.17, 15) is 4.79 Å². The highest BCUT2D eigenvalue weighted by Gasteiger charge is 2.20. The van der Waals surface area contributed by atoms with E-state index in [4.69, 9.17) is 4.74 Å². The summed E-state index contributed by atoms with van der Waals surface area (Å²) in [6, 6.07) is 9.84. The van der Waals surface area contributed by atoms with Gasteiger partial charge in [0.1, 0.15) is 0 Å². The fourth-order valence-corrected chi connectivity index (χ4v) is 2.92. The van der Waals surface area contributed by atoms with Crippen LogP contribution >= 0.6 is 0 Å². The largest absolute Gasteiger partial charge is 0.448 e. The summed E-state index contributed by atoms with van der Waals surface area (Å²) in [4.78, 5) is 18.7. The number of nitrogens with zero attached hydrogens (tertiary/aromatic N) is 2. The highest BCUT2D eigenvalue weighted by molar-refractivity contribution is 6.06. The third kappa shape index (κ3) is 5.47. The summed E-state index contributed by atoms with van der Waals surface area (Å²) in [5.41, 5.74) is 1.77. The molecule has 0 unspecified atom stereocenters. The van der Waals surface area contributed by atoms with Crippen molar-refractivity contribution in [3.8, 4) is 0 Å². The van der Waals surface area contributed by atoms with Crippen LogP contribution in [0.2, 0.25) is 0 Å². The summed E-state index contributed by atoms with van der Waals surface area (Å²) >= 11 is 0. The number of amides is 1. The third-order valence-corrected chi connectivity index (χ3v) is 4.43. The van der Waals surface area contributed by atoms with E-state index < -0.39 is 6.09 Å². The quantitative estimate of drug-likeness (QED) is 0.771. The molecule has 0 saturated carbocycles. The maximum absolute atomic E-state index is 12.1. The topological polar surface area (TPSA) is 41.9 Å². The number of benzene rings is 1. The first-order chi connectivity index (χ1) is 11.1. The molecular weight excluding hydrogens is 288 g/mol. The molecule has 0 aliphatic carbocycles. The third-order valence-electron chi connectivity index (χ3n) is 4.43. The summed E-state index contributed by atoms with van der Waals surface area (Å²) in [5.74, 6) is 0.647. The smallest absolute Gasteiger partial charge is 0.433 e. The van der Waals surface area contributed by atoms with Crippen molar-refractivity contribution in [3.05, 3.63) is 35.9 Å². The minimum Gasteiger partial charge on any atom is -0.448 e. The average molecular weight is 316 g/mol. The Hall–Kier alpha value is -1.68. The van der Waals surface area contributed by atoms with E-state index in [1.807, 2.05) is 44.2 Å². The average Bonchev–Trinajstić information content (AvgIpc) is 2.58. The number of carbonyl (C=O) groups excluding carboxylic acids is 1. The standard InChI is InChI=1S/C19H28N2O2/c1-4-21-12-10-16(11-13-21)14-23-19(22)20-18(15(2)3)17-8-6-5-7-9-17/h5-9,15-16H,4,10-14H2,1-3H3/b20-18-. The fraction of sp³-hybridized carbons (Fsp3) is 0.579. The second-order valence-electron chi connectivity index (χ2n) is 6.47. The highest BCUT2D eigenvalue weighted by Crippen LogP contribution is 2.17. The number of rotatable bonds is 5. The SMILES string of the molecule is CCN1CCC(COC(=O)/N=C(\c2ccccc2)C(C)C)CC1. The first-order valence-corrected chi connectivity index (χ1v) is 8.63. The number of hydrogen-bond donors (Lipinski definition) is 0. The van der Waals surface area contributed by atoms with Gasteiger partial charge in [0.05, 0.1) is 12.3 Å². The van der Waals surface area contributed by atoms with Crippen LogP contribution in [0.1, 0.15) is 39.2 Å². The molecule has 4 nitrogen and oxygen atoms in total.